The van der Waals surface area contributed by atoms with Crippen molar-refractivity contribution < 1.29 is 18.3 Å². The van der Waals surface area contributed by atoms with Gasteiger partial charge in [0, 0.05) is 19.1 Å². The zero-order valence-corrected chi connectivity index (χ0v) is 9.58. The maximum absolute atomic E-state index is 13.4. The second-order valence-corrected chi connectivity index (χ2v) is 4.34. The quantitative estimate of drug-likeness (QED) is 0.790. The van der Waals surface area contributed by atoms with Crippen LogP contribution in [0.3, 0.4) is 0 Å². The van der Waals surface area contributed by atoms with Crippen molar-refractivity contribution in [2.24, 2.45) is 5.92 Å². The molecule has 92 valence electrons. The molecule has 0 amide bonds. The lowest BCUT2D eigenvalue weighted by molar-refractivity contribution is -0.129. The highest BCUT2D eigenvalue weighted by Gasteiger charge is 2.36. The third-order valence-corrected chi connectivity index (χ3v) is 3.03. The average molecular weight is 240 g/mol. The molecule has 1 aromatic rings. The molecule has 1 aliphatic rings. The highest BCUT2D eigenvalue weighted by Crippen LogP contribution is 2.35. The van der Waals surface area contributed by atoms with Crippen molar-refractivity contribution in [3.63, 3.8) is 0 Å². The summed E-state index contributed by atoms with van der Waals surface area (Å²) in [6.45, 7) is 0. The zero-order valence-electron chi connectivity index (χ0n) is 9.58. The third kappa shape index (κ3) is 2.69. The van der Waals surface area contributed by atoms with Crippen LogP contribution in [0.4, 0.5) is 8.78 Å². The van der Waals surface area contributed by atoms with Crippen molar-refractivity contribution in [2.45, 2.75) is 25.4 Å². The van der Waals surface area contributed by atoms with Crippen LogP contribution in [-0.4, -0.2) is 19.0 Å². The Labute approximate surface area is 98.6 Å². The van der Waals surface area contributed by atoms with Crippen molar-refractivity contribution in [2.75, 3.05) is 7.11 Å². The van der Waals surface area contributed by atoms with Crippen LogP contribution in [0.1, 0.15) is 18.4 Å². The molecule has 0 heterocycles. The number of carbonyl (C=O) groups is 1. The number of carbonyl (C=O) groups excluding carboxylic acids is 1. The minimum Gasteiger partial charge on any atom is -0.373 e. The summed E-state index contributed by atoms with van der Waals surface area (Å²) >= 11 is 0. The normalized spacial score (nSPS) is 16.9. The summed E-state index contributed by atoms with van der Waals surface area (Å²) in [6.07, 6.45) is 1.13. The van der Waals surface area contributed by atoms with E-state index in [1.807, 2.05) is 0 Å². The molecule has 0 radical (unpaired) electrons. The van der Waals surface area contributed by atoms with Gasteiger partial charge in [0.15, 0.2) is 5.78 Å². The van der Waals surface area contributed by atoms with Crippen molar-refractivity contribution in [3.8, 4) is 0 Å². The maximum Gasteiger partial charge on any atom is 0.166 e. The van der Waals surface area contributed by atoms with E-state index in [1.165, 1.54) is 13.2 Å². The molecular weight excluding hydrogens is 226 g/mol. The summed E-state index contributed by atoms with van der Waals surface area (Å²) in [4.78, 5) is 11.9. The molecule has 0 saturated heterocycles. The van der Waals surface area contributed by atoms with E-state index < -0.39 is 17.7 Å². The van der Waals surface area contributed by atoms with E-state index in [1.54, 1.807) is 0 Å². The summed E-state index contributed by atoms with van der Waals surface area (Å²) in [5.41, 5.74) is -0.166. The minimum absolute atomic E-state index is 0.166. The molecule has 1 fully saturated rings. The van der Waals surface area contributed by atoms with Gasteiger partial charge in [-0.1, -0.05) is 6.07 Å². The summed E-state index contributed by atoms with van der Waals surface area (Å²) < 4.78 is 31.8. The van der Waals surface area contributed by atoms with Gasteiger partial charge in [0.05, 0.1) is 0 Å². The fraction of sp³-hybridized carbons (Fsp3) is 0.462. The van der Waals surface area contributed by atoms with E-state index in [9.17, 15) is 13.6 Å². The van der Waals surface area contributed by atoms with Crippen molar-refractivity contribution in [3.05, 3.63) is 35.4 Å². The van der Waals surface area contributed by atoms with Crippen LogP contribution in [0.5, 0.6) is 0 Å². The van der Waals surface area contributed by atoms with E-state index in [2.05, 4.69) is 0 Å². The predicted octanol–water partition coefficient (Wildman–Crippen LogP) is 2.50. The summed E-state index contributed by atoms with van der Waals surface area (Å²) in [7, 11) is 1.46. The van der Waals surface area contributed by atoms with Crippen molar-refractivity contribution in [1.29, 1.82) is 0 Å². The van der Waals surface area contributed by atoms with Crippen LogP contribution in [-0.2, 0) is 16.0 Å². The Morgan fingerprint density at radius 2 is 2.00 bits per heavy atom. The standard InChI is InChI=1S/C13H14F2O2/c1-17-13(8-5-6-8)12(16)7-9-10(14)3-2-4-11(9)15/h2-4,8,13H,5-7H2,1H3. The first-order chi connectivity index (χ1) is 8.13. The molecule has 1 unspecified atom stereocenters. The number of rotatable bonds is 5. The molecule has 1 aliphatic carbocycles. The molecule has 2 rings (SSSR count). The van der Waals surface area contributed by atoms with Crippen LogP contribution in [0.2, 0.25) is 0 Å². The Bertz CT molecular complexity index is 407. The van der Waals surface area contributed by atoms with Gasteiger partial charge in [-0.25, -0.2) is 8.78 Å². The van der Waals surface area contributed by atoms with E-state index in [0.29, 0.717) is 0 Å². The fourth-order valence-corrected chi connectivity index (χ4v) is 1.96. The number of Topliss-reactive ketones (excluding diaryl/α,β-unsaturated/α-hetero) is 1. The van der Waals surface area contributed by atoms with Gasteiger partial charge >= 0.3 is 0 Å². The molecule has 1 atom stereocenters. The number of hydrogen-bond acceptors (Lipinski definition) is 2. The van der Waals surface area contributed by atoms with Gasteiger partial charge in [-0.2, -0.15) is 0 Å². The molecule has 17 heavy (non-hydrogen) atoms. The fourth-order valence-electron chi connectivity index (χ4n) is 1.96. The largest absolute Gasteiger partial charge is 0.373 e. The molecule has 0 bridgehead atoms. The van der Waals surface area contributed by atoms with Crippen LogP contribution < -0.4 is 0 Å². The highest BCUT2D eigenvalue weighted by atomic mass is 19.1. The first-order valence-electron chi connectivity index (χ1n) is 5.62. The Hall–Kier alpha value is -1.29. The first-order valence-corrected chi connectivity index (χ1v) is 5.62. The van der Waals surface area contributed by atoms with E-state index in [0.717, 1.165) is 25.0 Å². The predicted molar refractivity (Wildman–Crippen MR) is 58.6 cm³/mol. The molecule has 1 aromatic carbocycles. The Balaban J connectivity index is 2.12. The van der Waals surface area contributed by atoms with Crippen LogP contribution in [0, 0.1) is 17.6 Å². The lowest BCUT2D eigenvalue weighted by atomic mass is 10.0. The van der Waals surface area contributed by atoms with E-state index in [-0.39, 0.29) is 23.7 Å². The molecular formula is C13H14F2O2. The van der Waals surface area contributed by atoms with Crippen LogP contribution in [0.25, 0.3) is 0 Å². The number of ketones is 1. The van der Waals surface area contributed by atoms with Gasteiger partial charge in [-0.05, 0) is 30.9 Å². The molecule has 0 N–H and O–H groups in total. The van der Waals surface area contributed by atoms with Crippen LogP contribution >= 0.6 is 0 Å². The number of benzene rings is 1. The molecule has 2 nitrogen and oxygen atoms in total. The van der Waals surface area contributed by atoms with E-state index in [4.69, 9.17) is 4.74 Å². The SMILES string of the molecule is COC(C(=O)Cc1c(F)cccc1F)C1CC1. The van der Waals surface area contributed by atoms with E-state index >= 15 is 0 Å². The number of ether oxygens (including phenoxy) is 1. The Morgan fingerprint density at radius 3 is 2.47 bits per heavy atom. The monoisotopic (exact) mass is 240 g/mol. The van der Waals surface area contributed by atoms with Gasteiger partial charge < -0.3 is 4.74 Å². The minimum atomic E-state index is -0.677. The number of hydrogen-bond donors (Lipinski definition) is 0. The van der Waals surface area contributed by atoms with Gasteiger partial charge in [-0.3, -0.25) is 4.79 Å². The number of halogens is 2. The summed E-state index contributed by atoms with van der Waals surface area (Å²) in [5.74, 6) is -1.38. The van der Waals surface area contributed by atoms with Gasteiger partial charge in [0.1, 0.15) is 17.7 Å². The van der Waals surface area contributed by atoms with Crippen molar-refractivity contribution >= 4 is 5.78 Å². The van der Waals surface area contributed by atoms with Gasteiger partial charge in [0.2, 0.25) is 0 Å². The summed E-state index contributed by atoms with van der Waals surface area (Å²) in [6, 6.07) is 3.60. The smallest absolute Gasteiger partial charge is 0.166 e. The number of methoxy groups -OCH3 is 1. The maximum atomic E-state index is 13.4. The summed E-state index contributed by atoms with van der Waals surface area (Å²) in [5, 5.41) is 0. The molecule has 0 spiro atoms. The molecule has 1 saturated carbocycles. The van der Waals surface area contributed by atoms with Gasteiger partial charge in [-0.15, -0.1) is 0 Å². The highest BCUT2D eigenvalue weighted by molar-refractivity contribution is 5.86. The van der Waals surface area contributed by atoms with Gasteiger partial charge in [0.25, 0.3) is 0 Å². The molecule has 0 aliphatic heterocycles. The topological polar surface area (TPSA) is 26.3 Å². The average Bonchev–Trinajstić information content (AvgIpc) is 3.09. The zero-order chi connectivity index (χ0) is 12.4. The van der Waals surface area contributed by atoms with Crippen molar-refractivity contribution in [1.82, 2.24) is 0 Å². The Kier molecular flexibility index (Phi) is 3.52. The lowest BCUT2D eigenvalue weighted by Gasteiger charge is -2.13. The second kappa shape index (κ2) is 4.92. The second-order valence-electron chi connectivity index (χ2n) is 4.34. The molecule has 4 heteroatoms. The lowest BCUT2D eigenvalue weighted by Crippen LogP contribution is -2.27. The Morgan fingerprint density at radius 1 is 1.41 bits per heavy atom. The first kappa shape index (κ1) is 12.2. The molecule has 0 aromatic heterocycles. The van der Waals surface area contributed by atoms with Crippen LogP contribution in [0.15, 0.2) is 18.2 Å². The third-order valence-electron chi connectivity index (χ3n) is 3.03.